The molecule has 4 nitrogen and oxygen atoms in total. The van der Waals surface area contributed by atoms with Crippen LogP contribution in [0.25, 0.3) is 0 Å². The van der Waals surface area contributed by atoms with Crippen LogP contribution in [0.4, 0.5) is 17.6 Å². The number of carbonyl (C=O) groups is 1. The topological polar surface area (TPSA) is 60.4 Å². The van der Waals surface area contributed by atoms with E-state index in [4.69, 9.17) is 11.6 Å². The molecule has 0 radical (unpaired) electrons. The van der Waals surface area contributed by atoms with Gasteiger partial charge < -0.3 is 4.74 Å². The highest BCUT2D eigenvalue weighted by Crippen LogP contribution is 2.39. The smallest absolute Gasteiger partial charge is 0.417 e. The summed E-state index contributed by atoms with van der Waals surface area (Å²) in [5.74, 6) is -3.29. The Morgan fingerprint density at radius 3 is 2.23 bits per heavy atom. The summed E-state index contributed by atoms with van der Waals surface area (Å²) in [6.45, 7) is 0. The lowest BCUT2D eigenvalue weighted by Crippen LogP contribution is -2.16. The number of sulfone groups is 1. The van der Waals surface area contributed by atoms with Gasteiger partial charge in [0.25, 0.3) is 0 Å². The monoisotopic (exact) mass is 410 g/mol. The van der Waals surface area contributed by atoms with Crippen LogP contribution in [0.1, 0.15) is 21.5 Å². The number of ketones is 1. The SMILES string of the molecule is COc1c(F)ccc(C(F)(F)F)c1C(=O)c1ccc(S(C)(=O)=O)cc1Cl. The lowest BCUT2D eigenvalue weighted by Gasteiger charge is -2.16. The Labute approximate surface area is 151 Å². The van der Waals surface area contributed by atoms with Crippen molar-refractivity contribution in [3.63, 3.8) is 0 Å². The van der Waals surface area contributed by atoms with Crippen molar-refractivity contribution in [3.05, 3.63) is 57.9 Å². The summed E-state index contributed by atoms with van der Waals surface area (Å²) in [6, 6.07) is 3.87. The third-order valence-electron chi connectivity index (χ3n) is 3.46. The van der Waals surface area contributed by atoms with Gasteiger partial charge in [-0.3, -0.25) is 4.79 Å². The molecule has 0 unspecified atom stereocenters. The standard InChI is InChI=1S/C16H11ClF4O4S/c1-25-15-12(18)6-5-10(16(19,20)21)13(15)14(22)9-4-3-8(7-11(9)17)26(2,23)24/h3-7H,1-2H3. The highest BCUT2D eigenvalue weighted by molar-refractivity contribution is 7.90. The minimum absolute atomic E-state index is 0.221. The summed E-state index contributed by atoms with van der Waals surface area (Å²) in [6.07, 6.45) is -4.05. The molecule has 2 aromatic rings. The quantitative estimate of drug-likeness (QED) is 0.561. The normalized spacial score (nSPS) is 12.1. The molecule has 0 saturated carbocycles. The molecule has 0 aliphatic carbocycles. The van der Waals surface area contributed by atoms with E-state index in [-0.39, 0.29) is 4.90 Å². The first-order valence-corrected chi connectivity index (χ1v) is 9.13. The molecule has 0 amide bonds. The fraction of sp³-hybridized carbons (Fsp3) is 0.188. The van der Waals surface area contributed by atoms with Crippen molar-refractivity contribution in [2.75, 3.05) is 13.4 Å². The molecular weight excluding hydrogens is 400 g/mol. The number of methoxy groups -OCH3 is 1. The van der Waals surface area contributed by atoms with Crippen LogP contribution < -0.4 is 4.74 Å². The average Bonchev–Trinajstić information content (AvgIpc) is 2.51. The Bertz CT molecular complexity index is 984. The van der Waals surface area contributed by atoms with E-state index in [0.717, 1.165) is 31.6 Å². The first kappa shape index (κ1) is 20.2. The van der Waals surface area contributed by atoms with Crippen molar-refractivity contribution in [2.24, 2.45) is 0 Å². The number of hydrogen-bond donors (Lipinski definition) is 0. The molecule has 2 rings (SSSR count). The van der Waals surface area contributed by atoms with E-state index in [1.165, 1.54) is 0 Å². The van der Waals surface area contributed by atoms with Gasteiger partial charge in [-0.25, -0.2) is 12.8 Å². The Morgan fingerprint density at radius 2 is 1.77 bits per heavy atom. The van der Waals surface area contributed by atoms with E-state index < -0.39 is 55.1 Å². The number of benzene rings is 2. The van der Waals surface area contributed by atoms with Gasteiger partial charge in [0.2, 0.25) is 0 Å². The fourth-order valence-electron chi connectivity index (χ4n) is 2.26. The van der Waals surface area contributed by atoms with E-state index in [9.17, 15) is 30.8 Å². The van der Waals surface area contributed by atoms with Crippen molar-refractivity contribution in [3.8, 4) is 5.75 Å². The molecule has 10 heteroatoms. The van der Waals surface area contributed by atoms with Gasteiger partial charge in [0.15, 0.2) is 27.2 Å². The summed E-state index contributed by atoms with van der Waals surface area (Å²) in [5, 5.41) is -0.391. The van der Waals surface area contributed by atoms with E-state index in [1.807, 2.05) is 0 Å². The van der Waals surface area contributed by atoms with Crippen molar-refractivity contribution in [1.82, 2.24) is 0 Å². The maximum Gasteiger partial charge on any atom is 0.417 e. The largest absolute Gasteiger partial charge is 0.493 e. The molecule has 26 heavy (non-hydrogen) atoms. The first-order valence-electron chi connectivity index (χ1n) is 6.86. The molecule has 2 aromatic carbocycles. The summed E-state index contributed by atoms with van der Waals surface area (Å²) in [7, 11) is -2.72. The predicted octanol–water partition coefficient (Wildman–Crippen LogP) is 4.14. The van der Waals surface area contributed by atoms with Gasteiger partial charge in [-0.1, -0.05) is 11.6 Å². The average molecular weight is 411 g/mol. The Kier molecular flexibility index (Phi) is 5.34. The molecule has 0 aromatic heterocycles. The molecule has 0 bridgehead atoms. The lowest BCUT2D eigenvalue weighted by molar-refractivity contribution is -0.138. The highest BCUT2D eigenvalue weighted by Gasteiger charge is 2.38. The van der Waals surface area contributed by atoms with Crippen molar-refractivity contribution >= 4 is 27.2 Å². The van der Waals surface area contributed by atoms with Gasteiger partial charge in [-0.2, -0.15) is 13.2 Å². The number of ether oxygens (including phenoxy) is 1. The van der Waals surface area contributed by atoms with E-state index >= 15 is 0 Å². The van der Waals surface area contributed by atoms with Gasteiger partial charge in [0, 0.05) is 11.8 Å². The first-order chi connectivity index (χ1) is 11.9. The molecule has 0 aliphatic heterocycles. The van der Waals surface area contributed by atoms with Crippen LogP contribution in [0.15, 0.2) is 35.2 Å². The van der Waals surface area contributed by atoms with Crippen LogP contribution in [0.2, 0.25) is 5.02 Å². The molecular formula is C16H11ClF4O4S. The van der Waals surface area contributed by atoms with Gasteiger partial charge in [-0.15, -0.1) is 0 Å². The summed E-state index contributed by atoms with van der Waals surface area (Å²) in [5.41, 5.74) is -2.87. The third-order valence-corrected chi connectivity index (χ3v) is 4.88. The van der Waals surface area contributed by atoms with Crippen molar-refractivity contribution in [1.29, 1.82) is 0 Å². The minimum atomic E-state index is -4.95. The van der Waals surface area contributed by atoms with E-state index in [2.05, 4.69) is 4.74 Å². The highest BCUT2D eigenvalue weighted by atomic mass is 35.5. The van der Waals surface area contributed by atoms with Crippen LogP contribution in [-0.4, -0.2) is 27.6 Å². The number of alkyl halides is 3. The molecule has 0 saturated heterocycles. The zero-order chi connectivity index (χ0) is 19.9. The van der Waals surface area contributed by atoms with E-state index in [0.29, 0.717) is 12.1 Å². The summed E-state index contributed by atoms with van der Waals surface area (Å²) in [4.78, 5) is 12.4. The van der Waals surface area contributed by atoms with Crippen LogP contribution in [0.3, 0.4) is 0 Å². The predicted molar refractivity (Wildman–Crippen MR) is 85.9 cm³/mol. The van der Waals surface area contributed by atoms with Crippen LogP contribution in [0, 0.1) is 5.82 Å². The molecule has 0 atom stereocenters. The molecule has 140 valence electrons. The summed E-state index contributed by atoms with van der Waals surface area (Å²) < 4.78 is 81.3. The number of rotatable bonds is 4. The zero-order valence-electron chi connectivity index (χ0n) is 13.3. The zero-order valence-corrected chi connectivity index (χ0v) is 14.9. The lowest BCUT2D eigenvalue weighted by atomic mass is 9.96. The van der Waals surface area contributed by atoms with Crippen molar-refractivity contribution < 1.29 is 35.5 Å². The molecule has 0 fully saturated rings. The maximum atomic E-state index is 13.9. The molecule has 0 N–H and O–H groups in total. The fourth-order valence-corrected chi connectivity index (χ4v) is 3.24. The Hall–Kier alpha value is -2.13. The minimum Gasteiger partial charge on any atom is -0.493 e. The van der Waals surface area contributed by atoms with Crippen LogP contribution >= 0.6 is 11.6 Å². The van der Waals surface area contributed by atoms with Crippen molar-refractivity contribution in [2.45, 2.75) is 11.1 Å². The van der Waals surface area contributed by atoms with Crippen LogP contribution in [0.5, 0.6) is 5.75 Å². The molecule has 0 spiro atoms. The van der Waals surface area contributed by atoms with Gasteiger partial charge in [0.05, 0.1) is 28.2 Å². The molecule has 0 heterocycles. The second-order valence-electron chi connectivity index (χ2n) is 5.24. The molecule has 0 aliphatic rings. The number of carbonyl (C=O) groups excluding carboxylic acids is 1. The van der Waals surface area contributed by atoms with Gasteiger partial charge >= 0.3 is 6.18 Å². The van der Waals surface area contributed by atoms with Gasteiger partial charge in [-0.05, 0) is 30.3 Å². The van der Waals surface area contributed by atoms with Crippen LogP contribution in [-0.2, 0) is 16.0 Å². The Balaban J connectivity index is 2.73. The number of halogens is 5. The second kappa shape index (κ2) is 6.88. The van der Waals surface area contributed by atoms with E-state index in [1.54, 1.807) is 0 Å². The number of hydrogen-bond acceptors (Lipinski definition) is 4. The summed E-state index contributed by atoms with van der Waals surface area (Å²) >= 11 is 5.88. The maximum absolute atomic E-state index is 13.9. The third kappa shape index (κ3) is 3.83. The Morgan fingerprint density at radius 1 is 1.15 bits per heavy atom. The van der Waals surface area contributed by atoms with Gasteiger partial charge in [0.1, 0.15) is 0 Å². The second-order valence-corrected chi connectivity index (χ2v) is 7.67.